The Morgan fingerprint density at radius 3 is 2.67 bits per heavy atom. The third-order valence-corrected chi connectivity index (χ3v) is 3.22. The lowest BCUT2D eigenvalue weighted by atomic mass is 10.2. The molecule has 110 valence electrons. The SMILES string of the molecule is CCc1cc(=O)n(CC(=O)Nc2cccc(C)c2)c(C)n1. The molecule has 5 nitrogen and oxygen atoms in total. The van der Waals surface area contributed by atoms with Crippen molar-refractivity contribution in [1.82, 2.24) is 9.55 Å². The van der Waals surface area contributed by atoms with E-state index in [0.717, 1.165) is 16.9 Å². The van der Waals surface area contributed by atoms with E-state index in [9.17, 15) is 9.59 Å². The van der Waals surface area contributed by atoms with E-state index < -0.39 is 0 Å². The molecular formula is C16H19N3O2. The Morgan fingerprint density at radius 1 is 1.29 bits per heavy atom. The number of aromatic nitrogens is 2. The molecule has 0 saturated heterocycles. The van der Waals surface area contributed by atoms with Crippen LogP contribution < -0.4 is 10.9 Å². The first-order valence-corrected chi connectivity index (χ1v) is 6.93. The minimum absolute atomic E-state index is 0.0321. The van der Waals surface area contributed by atoms with E-state index in [0.29, 0.717) is 12.2 Å². The maximum absolute atomic E-state index is 12.1. The molecule has 0 aliphatic rings. The van der Waals surface area contributed by atoms with Crippen molar-refractivity contribution < 1.29 is 4.79 Å². The second-order valence-corrected chi connectivity index (χ2v) is 4.99. The molecule has 2 rings (SSSR count). The van der Waals surface area contributed by atoms with Gasteiger partial charge in [-0.2, -0.15) is 0 Å². The predicted octanol–water partition coefficient (Wildman–Crippen LogP) is 2.06. The van der Waals surface area contributed by atoms with Crippen molar-refractivity contribution in [2.45, 2.75) is 33.7 Å². The molecular weight excluding hydrogens is 266 g/mol. The topological polar surface area (TPSA) is 64.0 Å². The third kappa shape index (κ3) is 3.78. The van der Waals surface area contributed by atoms with E-state index in [1.807, 2.05) is 38.1 Å². The number of carbonyl (C=O) groups is 1. The number of nitrogens with one attached hydrogen (secondary N) is 1. The van der Waals surface area contributed by atoms with Crippen molar-refractivity contribution in [3.05, 3.63) is 57.8 Å². The Balaban J connectivity index is 2.15. The zero-order chi connectivity index (χ0) is 15.4. The van der Waals surface area contributed by atoms with Crippen molar-refractivity contribution in [2.24, 2.45) is 0 Å². The Bertz CT molecular complexity index is 720. The molecule has 0 aliphatic heterocycles. The molecule has 1 heterocycles. The van der Waals surface area contributed by atoms with Gasteiger partial charge in [-0.05, 0) is 38.0 Å². The van der Waals surface area contributed by atoms with Gasteiger partial charge < -0.3 is 5.32 Å². The largest absolute Gasteiger partial charge is 0.325 e. The van der Waals surface area contributed by atoms with Crippen LogP contribution in [0.25, 0.3) is 0 Å². The van der Waals surface area contributed by atoms with Crippen LogP contribution in [0.15, 0.2) is 35.1 Å². The summed E-state index contributed by atoms with van der Waals surface area (Å²) in [4.78, 5) is 28.4. The van der Waals surface area contributed by atoms with Gasteiger partial charge in [0.2, 0.25) is 5.91 Å². The summed E-state index contributed by atoms with van der Waals surface area (Å²) in [6.07, 6.45) is 0.701. The van der Waals surface area contributed by atoms with Crippen LogP contribution in [0.3, 0.4) is 0 Å². The highest BCUT2D eigenvalue weighted by Crippen LogP contribution is 2.09. The summed E-state index contributed by atoms with van der Waals surface area (Å²) >= 11 is 0. The predicted molar refractivity (Wildman–Crippen MR) is 82.4 cm³/mol. The van der Waals surface area contributed by atoms with Crippen LogP contribution in [0.2, 0.25) is 0 Å². The van der Waals surface area contributed by atoms with Crippen LogP contribution in [-0.2, 0) is 17.8 Å². The number of carbonyl (C=O) groups excluding carboxylic acids is 1. The van der Waals surface area contributed by atoms with Crippen molar-refractivity contribution in [3.63, 3.8) is 0 Å². The Morgan fingerprint density at radius 2 is 2.05 bits per heavy atom. The lowest BCUT2D eigenvalue weighted by molar-refractivity contribution is -0.116. The van der Waals surface area contributed by atoms with Crippen LogP contribution >= 0.6 is 0 Å². The van der Waals surface area contributed by atoms with Gasteiger partial charge in [0.1, 0.15) is 12.4 Å². The Kier molecular flexibility index (Phi) is 4.52. The first-order chi connectivity index (χ1) is 9.99. The van der Waals surface area contributed by atoms with Crippen LogP contribution in [0.5, 0.6) is 0 Å². The van der Waals surface area contributed by atoms with Gasteiger partial charge in [-0.25, -0.2) is 4.98 Å². The monoisotopic (exact) mass is 285 g/mol. The molecule has 1 N–H and O–H groups in total. The number of hydrogen-bond acceptors (Lipinski definition) is 3. The average molecular weight is 285 g/mol. The number of benzene rings is 1. The van der Waals surface area contributed by atoms with Gasteiger partial charge in [0.25, 0.3) is 5.56 Å². The molecule has 5 heteroatoms. The fourth-order valence-corrected chi connectivity index (χ4v) is 2.12. The summed E-state index contributed by atoms with van der Waals surface area (Å²) in [5, 5.41) is 2.79. The van der Waals surface area contributed by atoms with E-state index in [4.69, 9.17) is 0 Å². The molecule has 2 aromatic rings. The fraction of sp³-hybridized carbons (Fsp3) is 0.312. The molecule has 1 aromatic heterocycles. The van der Waals surface area contributed by atoms with Gasteiger partial charge >= 0.3 is 0 Å². The zero-order valence-electron chi connectivity index (χ0n) is 12.5. The van der Waals surface area contributed by atoms with Crippen LogP contribution in [-0.4, -0.2) is 15.5 Å². The Hall–Kier alpha value is -2.43. The molecule has 0 aliphatic carbocycles. The molecule has 0 unspecified atom stereocenters. The van der Waals surface area contributed by atoms with E-state index >= 15 is 0 Å². The van der Waals surface area contributed by atoms with Crippen LogP contribution in [0.4, 0.5) is 5.69 Å². The van der Waals surface area contributed by atoms with Gasteiger partial charge in [0.15, 0.2) is 0 Å². The molecule has 1 amide bonds. The lowest BCUT2D eigenvalue weighted by Gasteiger charge is -2.11. The second kappa shape index (κ2) is 6.35. The first kappa shape index (κ1) is 15.0. The van der Waals surface area contributed by atoms with E-state index in [2.05, 4.69) is 10.3 Å². The average Bonchev–Trinajstić information content (AvgIpc) is 2.42. The maximum Gasteiger partial charge on any atom is 0.254 e. The van der Waals surface area contributed by atoms with E-state index in [1.165, 1.54) is 10.6 Å². The Labute approximate surface area is 123 Å². The van der Waals surface area contributed by atoms with E-state index in [-0.39, 0.29) is 18.0 Å². The first-order valence-electron chi connectivity index (χ1n) is 6.93. The molecule has 0 saturated carbocycles. The zero-order valence-corrected chi connectivity index (χ0v) is 12.5. The molecule has 0 radical (unpaired) electrons. The molecule has 1 aromatic carbocycles. The number of aryl methyl sites for hydroxylation is 3. The van der Waals surface area contributed by atoms with Crippen molar-refractivity contribution >= 4 is 11.6 Å². The highest BCUT2D eigenvalue weighted by Gasteiger charge is 2.09. The maximum atomic E-state index is 12.1. The third-order valence-electron chi connectivity index (χ3n) is 3.22. The smallest absolute Gasteiger partial charge is 0.254 e. The standard InChI is InChI=1S/C16H19N3O2/c1-4-13-9-16(21)19(12(3)17-13)10-15(20)18-14-7-5-6-11(2)8-14/h5-9H,4,10H2,1-3H3,(H,18,20). The van der Waals surface area contributed by atoms with Gasteiger partial charge in [-0.3, -0.25) is 14.2 Å². The number of nitrogens with zero attached hydrogens (tertiary/aromatic N) is 2. The van der Waals surface area contributed by atoms with Crippen molar-refractivity contribution in [1.29, 1.82) is 0 Å². The van der Waals surface area contributed by atoms with Crippen LogP contribution in [0.1, 0.15) is 24.0 Å². The summed E-state index contributed by atoms with van der Waals surface area (Å²) in [5.74, 6) is 0.315. The number of hydrogen-bond donors (Lipinski definition) is 1. The fourth-order valence-electron chi connectivity index (χ4n) is 2.12. The van der Waals surface area contributed by atoms with E-state index in [1.54, 1.807) is 6.92 Å². The summed E-state index contributed by atoms with van der Waals surface area (Å²) in [5.41, 5.74) is 2.34. The number of amides is 1. The van der Waals surface area contributed by atoms with Crippen molar-refractivity contribution in [2.75, 3.05) is 5.32 Å². The second-order valence-electron chi connectivity index (χ2n) is 4.99. The summed E-state index contributed by atoms with van der Waals surface area (Å²) in [6.45, 7) is 5.60. The minimum atomic E-state index is -0.239. The highest BCUT2D eigenvalue weighted by molar-refractivity contribution is 5.90. The van der Waals surface area contributed by atoms with Gasteiger partial charge in [-0.1, -0.05) is 19.1 Å². The molecule has 0 spiro atoms. The summed E-state index contributed by atoms with van der Waals surface area (Å²) < 4.78 is 1.38. The number of rotatable bonds is 4. The quantitative estimate of drug-likeness (QED) is 0.935. The lowest BCUT2D eigenvalue weighted by Crippen LogP contribution is -2.30. The molecule has 0 bridgehead atoms. The summed E-state index contributed by atoms with van der Waals surface area (Å²) in [6, 6.07) is 9.01. The molecule has 0 fully saturated rings. The van der Waals surface area contributed by atoms with Crippen LogP contribution in [0, 0.1) is 13.8 Å². The van der Waals surface area contributed by atoms with Gasteiger partial charge in [0, 0.05) is 17.4 Å². The number of anilines is 1. The van der Waals surface area contributed by atoms with Gasteiger partial charge in [0.05, 0.1) is 0 Å². The van der Waals surface area contributed by atoms with Gasteiger partial charge in [-0.15, -0.1) is 0 Å². The highest BCUT2D eigenvalue weighted by atomic mass is 16.2. The normalized spacial score (nSPS) is 10.4. The molecule has 21 heavy (non-hydrogen) atoms. The minimum Gasteiger partial charge on any atom is -0.325 e. The van der Waals surface area contributed by atoms with Crippen molar-refractivity contribution in [3.8, 4) is 0 Å². The molecule has 0 atom stereocenters. The summed E-state index contributed by atoms with van der Waals surface area (Å²) in [7, 11) is 0.